The number of ether oxygens (including phenoxy) is 1. The predicted octanol–water partition coefficient (Wildman–Crippen LogP) is 2.11. The second kappa shape index (κ2) is 6.83. The molecule has 0 aromatic carbocycles. The molecule has 2 aliphatic heterocycles. The Balaban J connectivity index is 1.37. The van der Waals surface area contributed by atoms with E-state index in [1.54, 1.807) is 12.4 Å². The van der Waals surface area contributed by atoms with Crippen molar-refractivity contribution in [2.75, 3.05) is 25.0 Å². The average Bonchev–Trinajstić information content (AvgIpc) is 2.98. The third kappa shape index (κ3) is 3.55. The van der Waals surface area contributed by atoms with E-state index < -0.39 is 0 Å². The van der Waals surface area contributed by atoms with Gasteiger partial charge in [-0.1, -0.05) is 6.07 Å². The fourth-order valence-electron chi connectivity index (χ4n) is 3.82. The molecule has 0 aliphatic carbocycles. The highest BCUT2D eigenvalue weighted by Gasteiger charge is 2.43. The number of aromatic nitrogens is 3. The molecule has 4 rings (SSSR count). The Labute approximate surface area is 142 Å². The van der Waals surface area contributed by atoms with Gasteiger partial charge in [0, 0.05) is 38.1 Å². The number of likely N-dealkylation sites (tertiary alicyclic amines) is 1. The molecule has 1 spiro atoms. The molecule has 0 amide bonds. The number of nitrogens with one attached hydrogen (secondary N) is 1. The van der Waals surface area contributed by atoms with Crippen LogP contribution in [0.3, 0.4) is 0 Å². The fraction of sp³-hybridized carbons (Fsp3) is 0.500. The molecule has 24 heavy (non-hydrogen) atoms. The van der Waals surface area contributed by atoms with Crippen molar-refractivity contribution in [3.63, 3.8) is 0 Å². The lowest BCUT2D eigenvalue weighted by molar-refractivity contribution is -0.0535. The van der Waals surface area contributed by atoms with Crippen LogP contribution in [0, 0.1) is 0 Å². The van der Waals surface area contributed by atoms with Crippen LogP contribution in [0.25, 0.3) is 0 Å². The van der Waals surface area contributed by atoms with Crippen molar-refractivity contribution < 1.29 is 4.74 Å². The summed E-state index contributed by atoms with van der Waals surface area (Å²) in [5.74, 6) is 0.685. The average molecular weight is 325 g/mol. The molecule has 0 radical (unpaired) electrons. The molecule has 126 valence electrons. The summed E-state index contributed by atoms with van der Waals surface area (Å²) in [5.41, 5.74) is 1.08. The maximum Gasteiger partial charge on any atom is 0.222 e. The minimum atomic E-state index is -0.0422. The molecule has 0 unspecified atom stereocenters. The molecule has 6 nitrogen and oxygen atoms in total. The summed E-state index contributed by atoms with van der Waals surface area (Å²) in [6, 6.07) is 8.21. The fourth-order valence-corrected chi connectivity index (χ4v) is 3.82. The molecule has 2 saturated heterocycles. The van der Waals surface area contributed by atoms with Gasteiger partial charge in [-0.2, -0.15) is 0 Å². The lowest BCUT2D eigenvalue weighted by atomic mass is 9.88. The summed E-state index contributed by atoms with van der Waals surface area (Å²) >= 11 is 0. The van der Waals surface area contributed by atoms with E-state index >= 15 is 0 Å². The molecule has 4 heterocycles. The zero-order chi connectivity index (χ0) is 16.2. The van der Waals surface area contributed by atoms with Gasteiger partial charge in [0.15, 0.2) is 0 Å². The van der Waals surface area contributed by atoms with E-state index in [0.29, 0.717) is 5.95 Å². The summed E-state index contributed by atoms with van der Waals surface area (Å²) in [4.78, 5) is 15.4. The molecule has 1 N–H and O–H groups in total. The van der Waals surface area contributed by atoms with Gasteiger partial charge < -0.3 is 10.1 Å². The summed E-state index contributed by atoms with van der Waals surface area (Å²) in [5, 5.41) is 3.40. The summed E-state index contributed by atoms with van der Waals surface area (Å²) in [6.07, 6.45) is 8.68. The van der Waals surface area contributed by atoms with E-state index in [0.717, 1.165) is 44.8 Å². The van der Waals surface area contributed by atoms with Crippen LogP contribution in [0.5, 0.6) is 0 Å². The first-order valence-electron chi connectivity index (χ1n) is 8.61. The first kappa shape index (κ1) is 15.5. The van der Waals surface area contributed by atoms with Crippen molar-refractivity contribution in [1.29, 1.82) is 0 Å². The normalized spacial score (nSPS) is 27.4. The largest absolute Gasteiger partial charge is 0.371 e. The monoisotopic (exact) mass is 325 g/mol. The first-order chi connectivity index (χ1) is 11.8. The topological polar surface area (TPSA) is 63.2 Å². The maximum atomic E-state index is 6.25. The summed E-state index contributed by atoms with van der Waals surface area (Å²) < 4.78 is 6.25. The van der Waals surface area contributed by atoms with Gasteiger partial charge >= 0.3 is 0 Å². The van der Waals surface area contributed by atoms with E-state index in [1.165, 1.54) is 6.42 Å². The van der Waals surface area contributed by atoms with Crippen LogP contribution in [0.1, 0.15) is 25.0 Å². The van der Waals surface area contributed by atoms with Crippen LogP contribution >= 0.6 is 0 Å². The molecule has 0 saturated carbocycles. The maximum absolute atomic E-state index is 6.25. The Morgan fingerprint density at radius 3 is 2.88 bits per heavy atom. The summed E-state index contributed by atoms with van der Waals surface area (Å²) in [6.45, 7) is 3.69. The highest BCUT2D eigenvalue weighted by Crippen LogP contribution is 2.35. The van der Waals surface area contributed by atoms with Gasteiger partial charge in [0.05, 0.1) is 23.9 Å². The highest BCUT2D eigenvalue weighted by atomic mass is 16.5. The minimum absolute atomic E-state index is 0.0422. The van der Waals surface area contributed by atoms with Gasteiger partial charge in [-0.05, 0) is 37.6 Å². The Hall–Kier alpha value is -2.05. The summed E-state index contributed by atoms with van der Waals surface area (Å²) in [7, 11) is 0. The Bertz CT molecular complexity index is 653. The molecule has 0 bridgehead atoms. The van der Waals surface area contributed by atoms with Gasteiger partial charge in [-0.15, -0.1) is 0 Å². The van der Waals surface area contributed by atoms with Gasteiger partial charge in [-0.3, -0.25) is 9.88 Å². The van der Waals surface area contributed by atoms with Crippen LogP contribution in [0.2, 0.25) is 0 Å². The number of hydrogen-bond donors (Lipinski definition) is 1. The molecule has 2 aromatic rings. The van der Waals surface area contributed by atoms with E-state index in [4.69, 9.17) is 4.74 Å². The first-order valence-corrected chi connectivity index (χ1v) is 8.61. The van der Waals surface area contributed by atoms with Crippen molar-refractivity contribution in [2.24, 2.45) is 0 Å². The zero-order valence-electron chi connectivity index (χ0n) is 13.8. The van der Waals surface area contributed by atoms with E-state index in [9.17, 15) is 0 Å². The second-order valence-electron chi connectivity index (χ2n) is 6.75. The van der Waals surface area contributed by atoms with E-state index in [1.807, 2.05) is 24.4 Å². The van der Waals surface area contributed by atoms with Crippen molar-refractivity contribution in [3.05, 3.63) is 48.5 Å². The van der Waals surface area contributed by atoms with E-state index in [-0.39, 0.29) is 11.6 Å². The van der Waals surface area contributed by atoms with Gasteiger partial charge in [0.25, 0.3) is 0 Å². The van der Waals surface area contributed by atoms with Gasteiger partial charge in [0.2, 0.25) is 5.95 Å². The standard InChI is InChI=1S/C18H23N5O/c1-2-7-19-15(5-1)12-23-10-3-6-18(14-23)11-16(13-24-18)22-17-20-8-4-9-21-17/h1-2,4-5,7-9,16H,3,6,10-14H2,(H,20,21,22)/t16-,18+/m1/s1. The molecule has 2 fully saturated rings. The van der Waals surface area contributed by atoms with E-state index in [2.05, 4.69) is 31.2 Å². The molecular formula is C18H23N5O. The third-order valence-electron chi connectivity index (χ3n) is 4.84. The molecule has 2 atom stereocenters. The molecule has 2 aromatic heterocycles. The predicted molar refractivity (Wildman–Crippen MR) is 91.5 cm³/mol. The van der Waals surface area contributed by atoms with Crippen molar-refractivity contribution in [1.82, 2.24) is 19.9 Å². The van der Waals surface area contributed by atoms with Crippen LogP contribution < -0.4 is 5.32 Å². The number of anilines is 1. The minimum Gasteiger partial charge on any atom is -0.371 e. The number of pyridine rings is 1. The van der Waals surface area contributed by atoms with Gasteiger partial charge in [0.1, 0.15) is 0 Å². The lowest BCUT2D eigenvalue weighted by Crippen LogP contribution is -2.47. The van der Waals surface area contributed by atoms with Crippen LogP contribution in [0.4, 0.5) is 5.95 Å². The number of hydrogen-bond acceptors (Lipinski definition) is 6. The Morgan fingerprint density at radius 1 is 1.17 bits per heavy atom. The second-order valence-corrected chi connectivity index (χ2v) is 6.75. The molecular weight excluding hydrogens is 302 g/mol. The van der Waals surface area contributed by atoms with Crippen molar-refractivity contribution >= 4 is 5.95 Å². The van der Waals surface area contributed by atoms with Crippen LogP contribution in [0.15, 0.2) is 42.9 Å². The molecule has 2 aliphatic rings. The van der Waals surface area contributed by atoms with Crippen LogP contribution in [-0.4, -0.2) is 51.2 Å². The van der Waals surface area contributed by atoms with Crippen molar-refractivity contribution in [3.8, 4) is 0 Å². The smallest absolute Gasteiger partial charge is 0.222 e. The number of piperidine rings is 1. The number of nitrogens with zero attached hydrogens (tertiary/aromatic N) is 4. The Morgan fingerprint density at radius 2 is 2.04 bits per heavy atom. The third-order valence-corrected chi connectivity index (χ3v) is 4.84. The highest BCUT2D eigenvalue weighted by molar-refractivity contribution is 5.25. The van der Waals surface area contributed by atoms with Gasteiger partial charge in [-0.25, -0.2) is 9.97 Å². The Kier molecular flexibility index (Phi) is 4.40. The quantitative estimate of drug-likeness (QED) is 0.929. The SMILES string of the molecule is c1ccc(CN2CCC[C@]3(C[C@@H](Nc4ncccn4)CO3)C2)nc1. The number of rotatable bonds is 4. The van der Waals surface area contributed by atoms with Crippen molar-refractivity contribution in [2.45, 2.75) is 37.5 Å². The lowest BCUT2D eigenvalue weighted by Gasteiger charge is -2.39. The molecule has 6 heteroatoms. The zero-order valence-corrected chi connectivity index (χ0v) is 13.8. The van der Waals surface area contributed by atoms with Crippen LogP contribution in [-0.2, 0) is 11.3 Å².